The van der Waals surface area contributed by atoms with Gasteiger partial charge in [0.25, 0.3) is 11.8 Å². The quantitative estimate of drug-likeness (QED) is 0.485. The number of rotatable bonds is 4. The third-order valence-corrected chi connectivity index (χ3v) is 4.02. The van der Waals surface area contributed by atoms with Crippen molar-refractivity contribution in [3.05, 3.63) is 47.5 Å². The van der Waals surface area contributed by atoms with Gasteiger partial charge in [0.2, 0.25) is 0 Å². The van der Waals surface area contributed by atoms with Gasteiger partial charge in [-0.05, 0) is 37.3 Å². The van der Waals surface area contributed by atoms with Crippen LogP contribution < -0.4 is 0 Å². The summed E-state index contributed by atoms with van der Waals surface area (Å²) >= 11 is 0. The molecule has 2 amide bonds. The van der Waals surface area contributed by atoms with E-state index in [1.807, 2.05) is 0 Å². The molecular weight excluding hydrogens is 282 g/mol. The molecule has 0 N–H and O–H groups in total. The summed E-state index contributed by atoms with van der Waals surface area (Å²) in [6, 6.07) is 6.58. The first-order valence-corrected chi connectivity index (χ1v) is 7.42. The lowest BCUT2D eigenvalue weighted by atomic mass is 9.95. The summed E-state index contributed by atoms with van der Waals surface area (Å²) in [5.41, 5.74) is 0.690. The summed E-state index contributed by atoms with van der Waals surface area (Å²) in [6.45, 7) is 0.0151. The van der Waals surface area contributed by atoms with Crippen LogP contribution in [0.1, 0.15) is 40.0 Å². The second-order valence-corrected chi connectivity index (χ2v) is 5.58. The lowest BCUT2D eigenvalue weighted by Crippen LogP contribution is -2.36. The van der Waals surface area contributed by atoms with Crippen LogP contribution in [0.5, 0.6) is 0 Å². The van der Waals surface area contributed by atoms with Gasteiger partial charge in [-0.3, -0.25) is 19.3 Å². The van der Waals surface area contributed by atoms with Gasteiger partial charge in [0, 0.05) is 0 Å². The molecule has 1 aromatic carbocycles. The number of imide groups is 1. The zero-order valence-corrected chi connectivity index (χ0v) is 12.2. The number of hydrogen-bond acceptors (Lipinski definition) is 4. The van der Waals surface area contributed by atoms with Gasteiger partial charge in [0.15, 0.2) is 0 Å². The van der Waals surface area contributed by atoms with Crippen molar-refractivity contribution in [2.24, 2.45) is 5.92 Å². The number of carbonyl (C=O) groups is 3. The van der Waals surface area contributed by atoms with E-state index in [0.29, 0.717) is 23.7 Å². The van der Waals surface area contributed by atoms with Crippen molar-refractivity contribution in [3.63, 3.8) is 0 Å². The number of esters is 1. The minimum absolute atomic E-state index is 0.324. The summed E-state index contributed by atoms with van der Waals surface area (Å²) in [7, 11) is 0. The SMILES string of the molecule is O=C(CN1C(=O)c2ccccc2C1=O)OCC1CC=CCC1. The van der Waals surface area contributed by atoms with Gasteiger partial charge in [0.05, 0.1) is 17.7 Å². The molecule has 3 rings (SSSR count). The first-order valence-electron chi connectivity index (χ1n) is 7.42. The van der Waals surface area contributed by atoms with E-state index in [2.05, 4.69) is 12.2 Å². The van der Waals surface area contributed by atoms with Crippen LogP contribution in [-0.4, -0.2) is 35.8 Å². The predicted molar refractivity (Wildman–Crippen MR) is 79.2 cm³/mol. The molecule has 0 saturated carbocycles. The number of benzene rings is 1. The zero-order chi connectivity index (χ0) is 15.5. The van der Waals surface area contributed by atoms with Gasteiger partial charge in [0.1, 0.15) is 6.54 Å². The van der Waals surface area contributed by atoms with Crippen molar-refractivity contribution in [3.8, 4) is 0 Å². The van der Waals surface area contributed by atoms with Crippen LogP contribution in [-0.2, 0) is 9.53 Å². The van der Waals surface area contributed by atoms with Gasteiger partial charge in [-0.15, -0.1) is 0 Å². The highest BCUT2D eigenvalue weighted by atomic mass is 16.5. The van der Waals surface area contributed by atoms with Crippen LogP contribution >= 0.6 is 0 Å². The molecule has 1 atom stereocenters. The Balaban J connectivity index is 1.57. The summed E-state index contributed by atoms with van der Waals surface area (Å²) < 4.78 is 5.22. The van der Waals surface area contributed by atoms with E-state index in [9.17, 15) is 14.4 Å². The Bertz CT molecular complexity index is 615. The standard InChI is InChI=1S/C17H17NO4/c19-15(22-11-12-6-2-1-3-7-12)10-18-16(20)13-8-4-5-9-14(13)17(18)21/h1-2,4-5,8-9,12H,3,6-7,10-11H2. The minimum atomic E-state index is -0.538. The Hall–Kier alpha value is -2.43. The largest absolute Gasteiger partial charge is 0.464 e. The Morgan fingerprint density at radius 3 is 2.41 bits per heavy atom. The minimum Gasteiger partial charge on any atom is -0.464 e. The number of fused-ring (bicyclic) bond motifs is 1. The number of hydrogen-bond donors (Lipinski definition) is 0. The van der Waals surface area contributed by atoms with Crippen LogP contribution in [0.3, 0.4) is 0 Å². The fourth-order valence-electron chi connectivity index (χ4n) is 2.78. The molecule has 2 aliphatic rings. The smallest absolute Gasteiger partial charge is 0.326 e. The Kier molecular flexibility index (Phi) is 4.04. The van der Waals surface area contributed by atoms with Gasteiger partial charge in [-0.2, -0.15) is 0 Å². The van der Waals surface area contributed by atoms with Crippen LogP contribution in [0, 0.1) is 5.92 Å². The fourth-order valence-corrected chi connectivity index (χ4v) is 2.78. The fraction of sp³-hybridized carbons (Fsp3) is 0.353. The van der Waals surface area contributed by atoms with E-state index < -0.39 is 17.8 Å². The molecule has 1 aromatic rings. The van der Waals surface area contributed by atoms with E-state index in [4.69, 9.17) is 4.74 Å². The topological polar surface area (TPSA) is 63.7 Å². The van der Waals surface area contributed by atoms with Gasteiger partial charge >= 0.3 is 5.97 Å². The molecule has 0 fully saturated rings. The predicted octanol–water partition coefficient (Wildman–Crippen LogP) is 2.18. The molecule has 114 valence electrons. The highest BCUT2D eigenvalue weighted by molar-refractivity contribution is 6.22. The third kappa shape index (κ3) is 2.79. The maximum Gasteiger partial charge on any atom is 0.326 e. The molecule has 0 aromatic heterocycles. The molecule has 0 radical (unpaired) electrons. The van der Waals surface area contributed by atoms with Crippen molar-refractivity contribution in [1.29, 1.82) is 0 Å². The second-order valence-electron chi connectivity index (χ2n) is 5.58. The number of nitrogens with zero attached hydrogens (tertiary/aromatic N) is 1. The van der Waals surface area contributed by atoms with Crippen LogP contribution in [0.4, 0.5) is 0 Å². The summed E-state index contributed by atoms with van der Waals surface area (Å²) in [6.07, 6.45) is 7.11. The van der Waals surface area contributed by atoms with E-state index in [1.165, 1.54) is 0 Å². The maximum atomic E-state index is 12.1. The number of allylic oxidation sites excluding steroid dienone is 2. The van der Waals surface area contributed by atoms with Crippen LogP contribution in [0.25, 0.3) is 0 Å². The van der Waals surface area contributed by atoms with Crippen LogP contribution in [0.2, 0.25) is 0 Å². The summed E-state index contributed by atoms with van der Waals surface area (Å²) in [5.74, 6) is -1.07. The first kappa shape index (κ1) is 14.5. The van der Waals surface area contributed by atoms with E-state index in [-0.39, 0.29) is 6.54 Å². The molecule has 5 heteroatoms. The Labute approximate surface area is 128 Å². The molecule has 5 nitrogen and oxygen atoms in total. The van der Waals surface area contributed by atoms with Crippen molar-refractivity contribution < 1.29 is 19.1 Å². The summed E-state index contributed by atoms with van der Waals surface area (Å²) in [5, 5.41) is 0. The number of amides is 2. The molecule has 1 aliphatic heterocycles. The first-order chi connectivity index (χ1) is 10.7. The van der Waals surface area contributed by atoms with Gasteiger partial charge in [-0.1, -0.05) is 24.3 Å². The Morgan fingerprint density at radius 2 is 1.82 bits per heavy atom. The average molecular weight is 299 g/mol. The monoisotopic (exact) mass is 299 g/mol. The van der Waals surface area contributed by atoms with Gasteiger partial charge < -0.3 is 4.74 Å². The number of ether oxygens (including phenoxy) is 1. The molecule has 0 bridgehead atoms. The molecule has 0 spiro atoms. The molecular formula is C17H17NO4. The Morgan fingerprint density at radius 1 is 1.14 bits per heavy atom. The van der Waals surface area contributed by atoms with Crippen molar-refractivity contribution >= 4 is 17.8 Å². The molecule has 0 saturated heterocycles. The highest BCUT2D eigenvalue weighted by Gasteiger charge is 2.36. The van der Waals surface area contributed by atoms with E-state index >= 15 is 0 Å². The van der Waals surface area contributed by atoms with E-state index in [0.717, 1.165) is 24.2 Å². The molecule has 1 aliphatic carbocycles. The molecule has 1 heterocycles. The van der Waals surface area contributed by atoms with Crippen molar-refractivity contribution in [1.82, 2.24) is 4.90 Å². The van der Waals surface area contributed by atoms with Crippen molar-refractivity contribution in [2.45, 2.75) is 19.3 Å². The molecule has 1 unspecified atom stereocenters. The number of carbonyl (C=O) groups excluding carboxylic acids is 3. The zero-order valence-electron chi connectivity index (χ0n) is 12.2. The normalized spacial score (nSPS) is 20.2. The average Bonchev–Trinajstić information content (AvgIpc) is 2.79. The van der Waals surface area contributed by atoms with Crippen LogP contribution in [0.15, 0.2) is 36.4 Å². The summed E-state index contributed by atoms with van der Waals surface area (Å²) in [4.78, 5) is 37.1. The third-order valence-electron chi connectivity index (χ3n) is 4.02. The maximum absolute atomic E-state index is 12.1. The van der Waals surface area contributed by atoms with Crippen molar-refractivity contribution in [2.75, 3.05) is 13.2 Å². The lowest BCUT2D eigenvalue weighted by molar-refractivity contribution is -0.145. The van der Waals surface area contributed by atoms with E-state index in [1.54, 1.807) is 24.3 Å². The molecule has 22 heavy (non-hydrogen) atoms. The highest BCUT2D eigenvalue weighted by Crippen LogP contribution is 2.22. The lowest BCUT2D eigenvalue weighted by Gasteiger charge is -2.18. The second kappa shape index (κ2) is 6.13. The van der Waals surface area contributed by atoms with Gasteiger partial charge in [-0.25, -0.2) is 0 Å².